The third-order valence-electron chi connectivity index (χ3n) is 2.42. The Balaban J connectivity index is 2.24. The lowest BCUT2D eigenvalue weighted by Crippen LogP contribution is -2.31. The van der Waals surface area contributed by atoms with Crippen molar-refractivity contribution >= 4 is 5.91 Å². The molecule has 1 heterocycles. The summed E-state index contributed by atoms with van der Waals surface area (Å²) in [6.45, 7) is 5.01. The van der Waals surface area contributed by atoms with Crippen LogP contribution in [0.25, 0.3) is 0 Å². The van der Waals surface area contributed by atoms with Gasteiger partial charge in [0.2, 0.25) is 5.91 Å². The van der Waals surface area contributed by atoms with Crippen molar-refractivity contribution in [2.75, 3.05) is 26.7 Å². The quantitative estimate of drug-likeness (QED) is 0.667. The topological polar surface area (TPSA) is 32.3 Å². The molecule has 1 saturated heterocycles. The molecule has 3 heteroatoms. The number of hydrogen-bond donors (Lipinski definition) is 1. The molecule has 1 amide bonds. The van der Waals surface area contributed by atoms with Gasteiger partial charge in [-0.2, -0.15) is 0 Å². The Morgan fingerprint density at radius 2 is 2.42 bits per heavy atom. The molecule has 0 spiro atoms. The van der Waals surface area contributed by atoms with E-state index >= 15 is 0 Å². The van der Waals surface area contributed by atoms with Crippen LogP contribution in [0.1, 0.15) is 19.8 Å². The van der Waals surface area contributed by atoms with Crippen LogP contribution in [0.3, 0.4) is 0 Å². The Hall–Kier alpha value is -0.570. The fourth-order valence-corrected chi connectivity index (χ4v) is 1.63. The highest BCUT2D eigenvalue weighted by Crippen LogP contribution is 2.08. The van der Waals surface area contributed by atoms with Crippen molar-refractivity contribution in [2.24, 2.45) is 5.92 Å². The first-order valence-electron chi connectivity index (χ1n) is 4.68. The van der Waals surface area contributed by atoms with Gasteiger partial charge in [-0.25, -0.2) is 0 Å². The third kappa shape index (κ3) is 2.48. The Labute approximate surface area is 74.1 Å². The Kier molecular flexibility index (Phi) is 3.53. The fraction of sp³-hybridized carbons (Fsp3) is 0.889. The lowest BCUT2D eigenvalue weighted by Gasteiger charge is -2.19. The van der Waals surface area contributed by atoms with Crippen LogP contribution in [0.5, 0.6) is 0 Å². The van der Waals surface area contributed by atoms with Crippen molar-refractivity contribution in [1.82, 2.24) is 10.2 Å². The smallest absolute Gasteiger partial charge is 0.222 e. The van der Waals surface area contributed by atoms with Crippen LogP contribution in [0.4, 0.5) is 0 Å². The number of carbonyl (C=O) groups is 1. The Bertz CT molecular complexity index is 153. The molecular weight excluding hydrogens is 152 g/mol. The largest absolute Gasteiger partial charge is 0.345 e. The number of carbonyl (C=O) groups excluding carboxylic acids is 1. The highest BCUT2D eigenvalue weighted by atomic mass is 16.2. The zero-order chi connectivity index (χ0) is 8.97. The zero-order valence-electron chi connectivity index (χ0n) is 7.97. The molecule has 0 aromatic rings. The monoisotopic (exact) mass is 170 g/mol. The van der Waals surface area contributed by atoms with Gasteiger partial charge in [0.05, 0.1) is 0 Å². The molecule has 1 N–H and O–H groups in total. The summed E-state index contributed by atoms with van der Waals surface area (Å²) in [5.41, 5.74) is 0. The number of rotatable bonds is 3. The first kappa shape index (κ1) is 9.52. The number of nitrogens with one attached hydrogen (secondary N) is 1. The average molecular weight is 170 g/mol. The summed E-state index contributed by atoms with van der Waals surface area (Å²) in [5.74, 6) is 0.924. The van der Waals surface area contributed by atoms with Crippen LogP contribution in [0, 0.1) is 5.92 Å². The van der Waals surface area contributed by atoms with Crippen molar-refractivity contribution in [3.63, 3.8) is 0 Å². The van der Waals surface area contributed by atoms with E-state index in [2.05, 4.69) is 5.32 Å². The summed E-state index contributed by atoms with van der Waals surface area (Å²) in [5, 5.41) is 3.30. The van der Waals surface area contributed by atoms with Gasteiger partial charge in [-0.3, -0.25) is 4.79 Å². The van der Waals surface area contributed by atoms with E-state index in [-0.39, 0.29) is 5.91 Å². The minimum Gasteiger partial charge on any atom is -0.345 e. The molecule has 1 aliphatic rings. The molecule has 1 fully saturated rings. The number of amides is 1. The zero-order valence-corrected chi connectivity index (χ0v) is 7.97. The van der Waals surface area contributed by atoms with Crippen LogP contribution < -0.4 is 5.32 Å². The second-order valence-corrected chi connectivity index (χ2v) is 3.49. The molecule has 0 saturated carbocycles. The SMILES string of the molecule is CCC(=O)N(C)CC1CCNC1. The summed E-state index contributed by atoms with van der Waals surface area (Å²) >= 11 is 0. The Morgan fingerprint density at radius 3 is 2.92 bits per heavy atom. The first-order chi connectivity index (χ1) is 5.74. The molecule has 1 atom stereocenters. The van der Waals surface area contributed by atoms with Crippen molar-refractivity contribution < 1.29 is 4.79 Å². The first-order valence-corrected chi connectivity index (χ1v) is 4.68. The van der Waals surface area contributed by atoms with Gasteiger partial charge in [-0.05, 0) is 25.4 Å². The van der Waals surface area contributed by atoms with Crippen LogP contribution in [-0.2, 0) is 4.79 Å². The lowest BCUT2D eigenvalue weighted by molar-refractivity contribution is -0.130. The van der Waals surface area contributed by atoms with Gasteiger partial charge < -0.3 is 10.2 Å². The second-order valence-electron chi connectivity index (χ2n) is 3.49. The van der Waals surface area contributed by atoms with Crippen molar-refractivity contribution in [2.45, 2.75) is 19.8 Å². The molecule has 0 radical (unpaired) electrons. The Morgan fingerprint density at radius 1 is 1.67 bits per heavy atom. The number of hydrogen-bond acceptors (Lipinski definition) is 2. The van der Waals surface area contributed by atoms with E-state index in [0.717, 1.165) is 19.6 Å². The maximum Gasteiger partial charge on any atom is 0.222 e. The molecule has 0 aromatic heterocycles. The van der Waals surface area contributed by atoms with Gasteiger partial charge in [0.15, 0.2) is 0 Å². The predicted octanol–water partition coefficient (Wildman–Crippen LogP) is 0.464. The highest BCUT2D eigenvalue weighted by Gasteiger charge is 2.17. The minimum atomic E-state index is 0.252. The maximum atomic E-state index is 11.2. The van der Waals surface area contributed by atoms with E-state index in [1.807, 2.05) is 18.9 Å². The van der Waals surface area contributed by atoms with Gasteiger partial charge in [0.1, 0.15) is 0 Å². The predicted molar refractivity (Wildman–Crippen MR) is 48.9 cm³/mol. The molecule has 3 nitrogen and oxygen atoms in total. The van der Waals surface area contributed by atoms with E-state index in [4.69, 9.17) is 0 Å². The normalized spacial score (nSPS) is 22.7. The van der Waals surface area contributed by atoms with E-state index in [1.165, 1.54) is 6.42 Å². The summed E-state index contributed by atoms with van der Waals surface area (Å²) in [7, 11) is 1.89. The molecule has 70 valence electrons. The maximum absolute atomic E-state index is 11.2. The van der Waals surface area contributed by atoms with E-state index < -0.39 is 0 Å². The summed E-state index contributed by atoms with van der Waals surface area (Å²) in [4.78, 5) is 13.0. The second kappa shape index (κ2) is 4.45. The summed E-state index contributed by atoms with van der Waals surface area (Å²) in [6.07, 6.45) is 1.83. The lowest BCUT2D eigenvalue weighted by atomic mass is 10.1. The van der Waals surface area contributed by atoms with Gasteiger partial charge in [-0.15, -0.1) is 0 Å². The van der Waals surface area contributed by atoms with Gasteiger partial charge in [-0.1, -0.05) is 6.92 Å². The molecule has 1 aliphatic heterocycles. The van der Waals surface area contributed by atoms with Gasteiger partial charge >= 0.3 is 0 Å². The van der Waals surface area contributed by atoms with Crippen molar-refractivity contribution in [1.29, 1.82) is 0 Å². The van der Waals surface area contributed by atoms with Gasteiger partial charge in [0.25, 0.3) is 0 Å². The van der Waals surface area contributed by atoms with Crippen LogP contribution in [0.2, 0.25) is 0 Å². The molecule has 0 aromatic carbocycles. The summed E-state index contributed by atoms with van der Waals surface area (Å²) in [6, 6.07) is 0. The fourth-order valence-electron chi connectivity index (χ4n) is 1.63. The van der Waals surface area contributed by atoms with Crippen molar-refractivity contribution in [3.05, 3.63) is 0 Å². The number of nitrogens with zero attached hydrogens (tertiary/aromatic N) is 1. The molecule has 0 bridgehead atoms. The molecule has 1 unspecified atom stereocenters. The van der Waals surface area contributed by atoms with E-state index in [1.54, 1.807) is 0 Å². The van der Waals surface area contributed by atoms with Crippen molar-refractivity contribution in [3.8, 4) is 0 Å². The molecular formula is C9H18N2O. The molecule has 0 aliphatic carbocycles. The van der Waals surface area contributed by atoms with E-state index in [0.29, 0.717) is 12.3 Å². The average Bonchev–Trinajstić information content (AvgIpc) is 2.55. The minimum absolute atomic E-state index is 0.252. The van der Waals surface area contributed by atoms with Crippen LogP contribution in [-0.4, -0.2) is 37.5 Å². The third-order valence-corrected chi connectivity index (χ3v) is 2.42. The highest BCUT2D eigenvalue weighted by molar-refractivity contribution is 5.75. The van der Waals surface area contributed by atoms with Crippen LogP contribution >= 0.6 is 0 Å². The van der Waals surface area contributed by atoms with E-state index in [9.17, 15) is 4.79 Å². The molecule has 1 rings (SSSR count). The molecule has 12 heavy (non-hydrogen) atoms. The standard InChI is InChI=1S/C9H18N2O/c1-3-9(12)11(2)7-8-4-5-10-6-8/h8,10H,3-7H2,1-2H3. The van der Waals surface area contributed by atoms with Crippen LogP contribution in [0.15, 0.2) is 0 Å². The van der Waals surface area contributed by atoms with Gasteiger partial charge in [0, 0.05) is 20.0 Å². The summed E-state index contributed by atoms with van der Waals surface area (Å²) < 4.78 is 0.